The third kappa shape index (κ3) is 6.15. The first-order valence-electron chi connectivity index (χ1n) is 8.59. The van der Waals surface area contributed by atoms with Crippen molar-refractivity contribution in [3.63, 3.8) is 0 Å². The van der Waals surface area contributed by atoms with Gasteiger partial charge in [-0.3, -0.25) is 14.6 Å². The number of amides is 2. The molecule has 1 aliphatic heterocycles. The summed E-state index contributed by atoms with van der Waals surface area (Å²) in [7, 11) is 0. The summed E-state index contributed by atoms with van der Waals surface area (Å²) in [5.41, 5.74) is 0.809. The van der Waals surface area contributed by atoms with Gasteiger partial charge < -0.3 is 16.0 Å². The first-order chi connectivity index (χ1) is 12.5. The molecule has 6 nitrogen and oxygen atoms in total. The number of nitrogens with one attached hydrogen (secondary N) is 3. The Morgan fingerprint density at radius 1 is 1.14 bits per heavy atom. The Morgan fingerprint density at radius 2 is 1.93 bits per heavy atom. The molecule has 2 amide bonds. The average molecular weight is 429 g/mol. The van der Waals surface area contributed by atoms with E-state index in [-0.39, 0.29) is 54.1 Å². The zero-order valence-electron chi connectivity index (χ0n) is 15.3. The maximum absolute atomic E-state index is 13.7. The van der Waals surface area contributed by atoms with Crippen molar-refractivity contribution in [3.8, 4) is 0 Å². The molecule has 0 spiro atoms. The lowest BCUT2D eigenvalue weighted by Gasteiger charge is -2.27. The molecular weight excluding hydrogens is 406 g/mol. The molecule has 9 heteroatoms. The number of pyridine rings is 1. The van der Waals surface area contributed by atoms with Crippen molar-refractivity contribution in [1.29, 1.82) is 0 Å². The first kappa shape index (κ1) is 23.8. The summed E-state index contributed by atoms with van der Waals surface area (Å²) in [5.74, 6) is -1.23. The van der Waals surface area contributed by atoms with E-state index < -0.39 is 11.7 Å². The summed E-state index contributed by atoms with van der Waals surface area (Å²) in [4.78, 5) is 28.8. The van der Waals surface area contributed by atoms with Crippen molar-refractivity contribution < 1.29 is 14.0 Å². The molecule has 2 aromatic rings. The predicted molar refractivity (Wildman–Crippen MR) is 112 cm³/mol. The number of carbonyl (C=O) groups excluding carboxylic acids is 2. The van der Waals surface area contributed by atoms with Crippen LogP contribution in [-0.4, -0.2) is 29.4 Å². The quantitative estimate of drug-likeness (QED) is 0.693. The van der Waals surface area contributed by atoms with E-state index in [0.717, 1.165) is 19.4 Å². The van der Waals surface area contributed by atoms with Crippen LogP contribution in [0.3, 0.4) is 0 Å². The van der Waals surface area contributed by atoms with Crippen LogP contribution in [0.2, 0.25) is 0 Å². The smallest absolute Gasteiger partial charge is 0.274 e. The van der Waals surface area contributed by atoms with E-state index in [1.54, 1.807) is 18.2 Å². The fraction of sp³-hybridized carbons (Fsp3) is 0.316. The van der Waals surface area contributed by atoms with Gasteiger partial charge in [-0.2, -0.15) is 0 Å². The Balaban J connectivity index is 0.00000196. The molecule has 3 rings (SSSR count). The Morgan fingerprint density at radius 3 is 2.61 bits per heavy atom. The monoisotopic (exact) mass is 428 g/mol. The minimum atomic E-state index is -0.491. The van der Waals surface area contributed by atoms with E-state index in [1.165, 1.54) is 24.4 Å². The molecule has 28 heavy (non-hydrogen) atoms. The lowest BCUT2D eigenvalue weighted by molar-refractivity contribution is -0.120. The predicted octanol–water partition coefficient (Wildman–Crippen LogP) is 3.64. The van der Waals surface area contributed by atoms with Gasteiger partial charge in [-0.05, 0) is 56.6 Å². The SMILES string of the molecule is C[C@H]1C[C@@H](C(=O)Nc2cc(F)ccc2NC(=O)c2ccccn2)CCN1.Cl.Cl. The molecule has 1 saturated heterocycles. The van der Waals surface area contributed by atoms with Crippen LogP contribution in [0.4, 0.5) is 15.8 Å². The molecule has 2 heterocycles. The highest BCUT2D eigenvalue weighted by atomic mass is 35.5. The van der Waals surface area contributed by atoms with Gasteiger partial charge in [-0.15, -0.1) is 24.8 Å². The van der Waals surface area contributed by atoms with E-state index in [2.05, 4.69) is 20.9 Å². The minimum Gasteiger partial charge on any atom is -0.324 e. The van der Waals surface area contributed by atoms with E-state index in [9.17, 15) is 14.0 Å². The number of piperidine rings is 1. The topological polar surface area (TPSA) is 83.1 Å². The molecule has 0 unspecified atom stereocenters. The molecule has 3 N–H and O–H groups in total. The highest BCUT2D eigenvalue weighted by Gasteiger charge is 2.25. The zero-order valence-corrected chi connectivity index (χ0v) is 16.9. The summed E-state index contributed by atoms with van der Waals surface area (Å²) < 4.78 is 13.7. The van der Waals surface area contributed by atoms with Crippen LogP contribution in [0.25, 0.3) is 0 Å². The van der Waals surface area contributed by atoms with Crippen LogP contribution in [0.5, 0.6) is 0 Å². The van der Waals surface area contributed by atoms with Crippen molar-refractivity contribution in [2.24, 2.45) is 5.92 Å². The largest absolute Gasteiger partial charge is 0.324 e. The van der Waals surface area contributed by atoms with E-state index in [1.807, 2.05) is 6.92 Å². The van der Waals surface area contributed by atoms with Crippen LogP contribution in [0.1, 0.15) is 30.3 Å². The van der Waals surface area contributed by atoms with Gasteiger partial charge in [0, 0.05) is 18.2 Å². The highest BCUT2D eigenvalue weighted by molar-refractivity contribution is 6.06. The third-order valence-corrected chi connectivity index (χ3v) is 4.38. The number of nitrogens with zero attached hydrogens (tertiary/aromatic N) is 1. The molecule has 2 atom stereocenters. The van der Waals surface area contributed by atoms with Crippen molar-refractivity contribution in [2.75, 3.05) is 17.2 Å². The maximum Gasteiger partial charge on any atom is 0.274 e. The lowest BCUT2D eigenvalue weighted by atomic mass is 9.92. The zero-order chi connectivity index (χ0) is 18.5. The lowest BCUT2D eigenvalue weighted by Crippen LogP contribution is -2.40. The van der Waals surface area contributed by atoms with Crippen LogP contribution in [-0.2, 0) is 4.79 Å². The van der Waals surface area contributed by atoms with Crippen LogP contribution < -0.4 is 16.0 Å². The van der Waals surface area contributed by atoms with Gasteiger partial charge in [0.1, 0.15) is 11.5 Å². The molecule has 0 aliphatic carbocycles. The number of aromatic nitrogens is 1. The molecule has 1 aromatic carbocycles. The Labute approximate surface area is 175 Å². The summed E-state index contributed by atoms with van der Waals surface area (Å²) in [6.45, 7) is 2.80. The Bertz CT molecular complexity index is 808. The molecule has 0 bridgehead atoms. The van der Waals surface area contributed by atoms with E-state index >= 15 is 0 Å². The summed E-state index contributed by atoms with van der Waals surface area (Å²) in [6.07, 6.45) is 2.96. The number of hydrogen-bond acceptors (Lipinski definition) is 4. The number of hydrogen-bond donors (Lipinski definition) is 3. The number of carbonyl (C=O) groups is 2. The van der Waals surface area contributed by atoms with Gasteiger partial charge in [-0.1, -0.05) is 6.07 Å². The highest BCUT2D eigenvalue weighted by Crippen LogP contribution is 2.26. The van der Waals surface area contributed by atoms with E-state index in [0.29, 0.717) is 5.69 Å². The minimum absolute atomic E-state index is 0. The second kappa shape index (κ2) is 10.9. The number of benzene rings is 1. The summed E-state index contributed by atoms with van der Waals surface area (Å²) in [5, 5.41) is 8.72. The first-order valence-corrected chi connectivity index (χ1v) is 8.59. The number of halogens is 3. The van der Waals surface area contributed by atoms with E-state index in [4.69, 9.17) is 0 Å². The van der Waals surface area contributed by atoms with Gasteiger partial charge >= 0.3 is 0 Å². The fourth-order valence-corrected chi connectivity index (χ4v) is 3.02. The molecular formula is C19H23Cl2FN4O2. The molecule has 152 valence electrons. The van der Waals surface area contributed by atoms with Crippen LogP contribution in [0.15, 0.2) is 42.6 Å². The Hall–Kier alpha value is -2.22. The van der Waals surface area contributed by atoms with Crippen molar-refractivity contribution >= 4 is 48.0 Å². The standard InChI is InChI=1S/C19H21FN4O2.2ClH/c1-12-10-13(7-9-21-12)18(25)24-17-11-14(20)5-6-15(17)23-19(26)16-4-2-3-8-22-16;;/h2-6,8,11-13,21H,7,9-10H2,1H3,(H,23,26)(H,24,25);2*1H/t12-,13-;;/m0../s1. The van der Waals surface area contributed by atoms with Gasteiger partial charge in [-0.25, -0.2) is 4.39 Å². The maximum atomic E-state index is 13.7. The second-order valence-electron chi connectivity index (χ2n) is 6.42. The molecule has 1 aromatic heterocycles. The number of rotatable bonds is 4. The van der Waals surface area contributed by atoms with Gasteiger partial charge in [0.15, 0.2) is 0 Å². The van der Waals surface area contributed by atoms with Gasteiger partial charge in [0.2, 0.25) is 5.91 Å². The van der Waals surface area contributed by atoms with Gasteiger partial charge in [0.25, 0.3) is 5.91 Å². The van der Waals surface area contributed by atoms with Crippen molar-refractivity contribution in [3.05, 3.63) is 54.1 Å². The molecule has 1 aliphatic rings. The van der Waals surface area contributed by atoms with Crippen molar-refractivity contribution in [2.45, 2.75) is 25.8 Å². The summed E-state index contributed by atoms with van der Waals surface area (Å²) in [6, 6.07) is 9.11. The normalized spacial score (nSPS) is 18.2. The molecule has 1 fully saturated rings. The number of anilines is 2. The van der Waals surface area contributed by atoms with Crippen LogP contribution in [0, 0.1) is 11.7 Å². The van der Waals surface area contributed by atoms with Gasteiger partial charge in [0.05, 0.1) is 11.4 Å². The molecule has 0 saturated carbocycles. The molecule has 0 radical (unpaired) electrons. The Kier molecular flexibility index (Phi) is 9.31. The second-order valence-corrected chi connectivity index (χ2v) is 6.42. The van der Waals surface area contributed by atoms with Crippen molar-refractivity contribution in [1.82, 2.24) is 10.3 Å². The average Bonchev–Trinajstić information content (AvgIpc) is 2.64. The summed E-state index contributed by atoms with van der Waals surface area (Å²) >= 11 is 0. The fourth-order valence-electron chi connectivity index (χ4n) is 3.02. The van der Waals surface area contributed by atoms with Crippen LogP contribution >= 0.6 is 24.8 Å². The third-order valence-electron chi connectivity index (χ3n) is 4.38.